The zero-order chi connectivity index (χ0) is 16.8. The third kappa shape index (κ3) is 6.35. The van der Waals surface area contributed by atoms with Crippen LogP contribution in [-0.4, -0.2) is 25.4 Å². The normalized spacial score (nSPS) is 13.8. The van der Waals surface area contributed by atoms with Crippen LogP contribution in [0.25, 0.3) is 0 Å². The van der Waals surface area contributed by atoms with E-state index in [0.717, 1.165) is 18.4 Å². The molecule has 0 spiro atoms. The van der Waals surface area contributed by atoms with Gasteiger partial charge < -0.3 is 4.57 Å². The Bertz CT molecular complexity index is 366. The second kappa shape index (κ2) is 8.75. The van der Waals surface area contributed by atoms with Crippen LogP contribution >= 0.6 is 0 Å². The number of hydrogen-bond donors (Lipinski definition) is 0. The van der Waals surface area contributed by atoms with Crippen molar-refractivity contribution in [1.82, 2.24) is 4.57 Å². The van der Waals surface area contributed by atoms with Crippen molar-refractivity contribution in [2.75, 3.05) is 6.54 Å². The third-order valence-electron chi connectivity index (χ3n) is 4.42. The molecule has 0 rings (SSSR count). The molecule has 0 saturated carbocycles. The maximum Gasteiger partial charge on any atom is 0.129 e. The first-order valence-electron chi connectivity index (χ1n) is 8.26. The minimum absolute atomic E-state index is 0.596. The molecule has 0 fully saturated rings. The summed E-state index contributed by atoms with van der Waals surface area (Å²) in [5.41, 5.74) is 3.08. The molecule has 0 bridgehead atoms. The first kappa shape index (κ1) is 20.4. The Morgan fingerprint density at radius 1 is 1.14 bits per heavy atom. The van der Waals surface area contributed by atoms with Crippen molar-refractivity contribution in [2.24, 2.45) is 5.92 Å². The monoisotopic (exact) mass is 307 g/mol. The molecule has 21 heavy (non-hydrogen) atoms. The minimum Gasteiger partial charge on any atom is -0.321 e. The van der Waals surface area contributed by atoms with E-state index in [9.17, 15) is 0 Å². The van der Waals surface area contributed by atoms with Gasteiger partial charge in [0.05, 0.1) is 0 Å². The van der Waals surface area contributed by atoms with Gasteiger partial charge in [0.15, 0.2) is 0 Å². The summed E-state index contributed by atoms with van der Waals surface area (Å²) in [5, 5.41) is 0. The van der Waals surface area contributed by atoms with E-state index >= 15 is 0 Å². The fraction of sp³-hybridized carbons (Fsp3) is 0.684. The highest BCUT2D eigenvalue weighted by Gasteiger charge is 2.39. The van der Waals surface area contributed by atoms with E-state index < -0.39 is 8.24 Å². The summed E-state index contributed by atoms with van der Waals surface area (Å²) < 4.78 is 2.77. The first-order valence-corrected chi connectivity index (χ1v) is 11.3. The van der Waals surface area contributed by atoms with Gasteiger partial charge in [-0.25, -0.2) is 0 Å². The van der Waals surface area contributed by atoms with Crippen molar-refractivity contribution < 1.29 is 0 Å². The second-order valence-electron chi connectivity index (χ2n) is 7.59. The molecular formula is C19H37NSi. The standard InChI is InChI=1S/C19H37NSi/c1-11-18(8)12-13-19(16(4)5)21(9,10)20(17(6)7)14-15(2)3/h11,15,17,19H,1,4,8,12-14H2,2-3,5-7,9-10H3. The molecule has 122 valence electrons. The molecule has 0 radical (unpaired) electrons. The Labute approximate surface area is 134 Å². The van der Waals surface area contributed by atoms with Crippen molar-refractivity contribution in [3.63, 3.8) is 0 Å². The number of hydrogen-bond acceptors (Lipinski definition) is 1. The van der Waals surface area contributed by atoms with Crippen molar-refractivity contribution in [1.29, 1.82) is 0 Å². The molecule has 0 aliphatic rings. The average Bonchev–Trinajstić information content (AvgIpc) is 2.34. The van der Waals surface area contributed by atoms with Gasteiger partial charge in [0.25, 0.3) is 0 Å². The van der Waals surface area contributed by atoms with Crippen molar-refractivity contribution in [3.05, 3.63) is 37.0 Å². The van der Waals surface area contributed by atoms with Crippen LogP contribution in [0.15, 0.2) is 37.0 Å². The van der Waals surface area contributed by atoms with E-state index in [2.05, 4.69) is 72.0 Å². The van der Waals surface area contributed by atoms with Gasteiger partial charge in [0, 0.05) is 0 Å². The van der Waals surface area contributed by atoms with Crippen molar-refractivity contribution in [3.8, 4) is 0 Å². The zero-order valence-corrected chi connectivity index (χ0v) is 16.5. The highest BCUT2D eigenvalue weighted by Crippen LogP contribution is 2.37. The minimum atomic E-state index is -1.57. The lowest BCUT2D eigenvalue weighted by Gasteiger charge is -2.46. The van der Waals surface area contributed by atoms with E-state index in [1.165, 1.54) is 12.1 Å². The predicted octanol–water partition coefficient (Wildman–Crippen LogP) is 6.03. The van der Waals surface area contributed by atoms with E-state index in [0.29, 0.717) is 17.5 Å². The van der Waals surface area contributed by atoms with Crippen LogP contribution in [0, 0.1) is 5.92 Å². The smallest absolute Gasteiger partial charge is 0.129 e. The third-order valence-corrected chi connectivity index (χ3v) is 9.08. The van der Waals surface area contributed by atoms with E-state index in [-0.39, 0.29) is 0 Å². The van der Waals surface area contributed by atoms with Gasteiger partial charge in [-0.3, -0.25) is 0 Å². The predicted molar refractivity (Wildman–Crippen MR) is 101 cm³/mol. The van der Waals surface area contributed by atoms with Gasteiger partial charge in [-0.15, -0.1) is 6.58 Å². The maximum absolute atomic E-state index is 4.30. The molecule has 0 saturated heterocycles. The lowest BCUT2D eigenvalue weighted by Crippen LogP contribution is -2.56. The van der Waals surface area contributed by atoms with Crippen LogP contribution in [0.4, 0.5) is 0 Å². The highest BCUT2D eigenvalue weighted by atomic mass is 28.3. The molecular weight excluding hydrogens is 270 g/mol. The lowest BCUT2D eigenvalue weighted by molar-refractivity contribution is 0.307. The van der Waals surface area contributed by atoms with Crippen LogP contribution in [0.3, 0.4) is 0 Å². The average molecular weight is 308 g/mol. The Hall–Kier alpha value is -0.603. The SMILES string of the molecule is C=CC(=C)CCC(C(=C)C)[Si](C)(C)N(CC(C)C)C(C)C. The maximum atomic E-state index is 4.30. The van der Waals surface area contributed by atoms with Gasteiger partial charge in [-0.05, 0) is 43.8 Å². The van der Waals surface area contributed by atoms with Crippen molar-refractivity contribution >= 4 is 8.24 Å². The van der Waals surface area contributed by atoms with E-state index in [4.69, 9.17) is 0 Å². The zero-order valence-electron chi connectivity index (χ0n) is 15.5. The number of rotatable bonds is 10. The van der Waals surface area contributed by atoms with Crippen molar-refractivity contribution in [2.45, 2.75) is 72.1 Å². The van der Waals surface area contributed by atoms with Crippen LogP contribution < -0.4 is 0 Å². The Morgan fingerprint density at radius 3 is 2.00 bits per heavy atom. The van der Waals surface area contributed by atoms with E-state index in [1.807, 2.05) is 6.08 Å². The van der Waals surface area contributed by atoms with Gasteiger partial charge in [-0.1, -0.05) is 71.2 Å². The molecule has 1 nitrogen and oxygen atoms in total. The van der Waals surface area contributed by atoms with Crippen LogP contribution in [0.5, 0.6) is 0 Å². The van der Waals surface area contributed by atoms with Crippen LogP contribution in [0.1, 0.15) is 47.5 Å². The molecule has 0 aliphatic carbocycles. The van der Waals surface area contributed by atoms with Crippen LogP contribution in [0.2, 0.25) is 18.6 Å². The quantitative estimate of drug-likeness (QED) is 0.271. The highest BCUT2D eigenvalue weighted by molar-refractivity contribution is 6.76. The summed E-state index contributed by atoms with van der Waals surface area (Å²) in [6.45, 7) is 29.9. The lowest BCUT2D eigenvalue weighted by atomic mass is 10.1. The Kier molecular flexibility index (Phi) is 8.49. The largest absolute Gasteiger partial charge is 0.321 e. The molecule has 0 N–H and O–H groups in total. The van der Waals surface area contributed by atoms with Gasteiger partial charge >= 0.3 is 0 Å². The molecule has 0 aromatic rings. The number of allylic oxidation sites excluding steroid dienone is 3. The Balaban J connectivity index is 5.26. The summed E-state index contributed by atoms with van der Waals surface area (Å²) >= 11 is 0. The summed E-state index contributed by atoms with van der Waals surface area (Å²) in [4.78, 5) is 0. The second-order valence-corrected chi connectivity index (χ2v) is 12.2. The van der Waals surface area contributed by atoms with Gasteiger partial charge in [-0.2, -0.15) is 0 Å². The molecule has 0 heterocycles. The molecule has 1 unspecified atom stereocenters. The molecule has 2 heteroatoms. The topological polar surface area (TPSA) is 3.24 Å². The van der Waals surface area contributed by atoms with Gasteiger partial charge in [0.2, 0.25) is 0 Å². The first-order chi connectivity index (χ1) is 9.53. The molecule has 1 atom stereocenters. The summed E-state index contributed by atoms with van der Waals surface area (Å²) in [5.74, 6) is 0.702. The van der Waals surface area contributed by atoms with Gasteiger partial charge in [0.1, 0.15) is 8.24 Å². The summed E-state index contributed by atoms with van der Waals surface area (Å²) in [6.07, 6.45) is 4.07. The molecule has 0 aliphatic heterocycles. The summed E-state index contributed by atoms with van der Waals surface area (Å²) in [7, 11) is -1.57. The number of nitrogens with zero attached hydrogens (tertiary/aromatic N) is 1. The molecule has 0 aromatic carbocycles. The summed E-state index contributed by atoms with van der Waals surface area (Å²) in [6, 6.07) is 0.596. The van der Waals surface area contributed by atoms with Crippen LogP contribution in [-0.2, 0) is 0 Å². The fourth-order valence-corrected chi connectivity index (χ4v) is 7.96. The Morgan fingerprint density at radius 2 is 1.67 bits per heavy atom. The van der Waals surface area contributed by atoms with E-state index in [1.54, 1.807) is 0 Å². The molecule has 0 aromatic heterocycles. The fourth-order valence-electron chi connectivity index (χ4n) is 3.34. The molecule has 0 amide bonds.